The van der Waals surface area contributed by atoms with Crippen LogP contribution in [0.2, 0.25) is 10.0 Å². The zero-order valence-electron chi connectivity index (χ0n) is 14.7. The Bertz CT molecular complexity index is 817. The monoisotopic (exact) mass is 402 g/mol. The van der Waals surface area contributed by atoms with Crippen molar-refractivity contribution in [2.24, 2.45) is 4.99 Å². The minimum Gasteiger partial charge on any atom is -0.366 e. The summed E-state index contributed by atoms with van der Waals surface area (Å²) in [5, 5.41) is 0.731. The van der Waals surface area contributed by atoms with E-state index in [4.69, 9.17) is 23.2 Å². The summed E-state index contributed by atoms with van der Waals surface area (Å²) in [5.41, 5.74) is 1.99. The Morgan fingerprint density at radius 1 is 1.08 bits per heavy atom. The summed E-state index contributed by atoms with van der Waals surface area (Å²) >= 11 is 12.4. The molecule has 0 N–H and O–H groups in total. The van der Waals surface area contributed by atoms with E-state index in [2.05, 4.69) is 4.99 Å². The maximum atomic E-state index is 12.9. The van der Waals surface area contributed by atoms with Crippen LogP contribution in [0.3, 0.4) is 0 Å². The molecular weight excluding hydrogens is 384 g/mol. The molecule has 0 saturated carbocycles. The van der Waals surface area contributed by atoms with E-state index in [1.54, 1.807) is 12.4 Å². The Kier molecular flexibility index (Phi) is 6.58. The Morgan fingerprint density at radius 2 is 1.77 bits per heavy atom. The lowest BCUT2D eigenvalue weighted by Crippen LogP contribution is -2.14. The minimum absolute atomic E-state index is 0.257. The molecule has 0 amide bonds. The van der Waals surface area contributed by atoms with Crippen LogP contribution in [0.4, 0.5) is 18.9 Å². The van der Waals surface area contributed by atoms with Crippen LogP contribution in [0.15, 0.2) is 35.3 Å². The average Bonchev–Trinajstić information content (AvgIpc) is 2.57. The Hall–Kier alpha value is -1.72. The number of rotatable bonds is 5. The second-order valence-corrected chi connectivity index (χ2v) is 6.84. The maximum Gasteiger partial charge on any atom is 0.416 e. The smallest absolute Gasteiger partial charge is 0.366 e. The molecule has 7 heteroatoms. The Balaban J connectivity index is 2.34. The van der Waals surface area contributed by atoms with Crippen LogP contribution in [0.1, 0.15) is 29.2 Å². The zero-order chi connectivity index (χ0) is 19.5. The molecule has 26 heavy (non-hydrogen) atoms. The van der Waals surface area contributed by atoms with Gasteiger partial charge in [-0.25, -0.2) is 4.99 Å². The molecule has 0 aromatic heterocycles. The molecule has 0 bridgehead atoms. The van der Waals surface area contributed by atoms with Gasteiger partial charge in [0.1, 0.15) is 0 Å². The van der Waals surface area contributed by atoms with Gasteiger partial charge in [0, 0.05) is 18.6 Å². The molecule has 2 aromatic rings. The fraction of sp³-hybridized carbons (Fsp3) is 0.316. The second kappa shape index (κ2) is 8.31. The van der Waals surface area contributed by atoms with Crippen molar-refractivity contribution < 1.29 is 13.2 Å². The predicted octanol–water partition coefficient (Wildman–Crippen LogP) is 6.52. The second-order valence-electron chi connectivity index (χ2n) is 6.03. The first-order valence-corrected chi connectivity index (χ1v) is 8.76. The van der Waals surface area contributed by atoms with E-state index in [0.29, 0.717) is 21.3 Å². The summed E-state index contributed by atoms with van der Waals surface area (Å²) in [6.07, 6.45) is -2.47. The molecule has 0 unspecified atom stereocenters. The third-order valence-electron chi connectivity index (χ3n) is 4.05. The van der Waals surface area contributed by atoms with Crippen LogP contribution in [0.5, 0.6) is 0 Å². The van der Waals surface area contributed by atoms with Crippen molar-refractivity contribution in [3.63, 3.8) is 0 Å². The van der Waals surface area contributed by atoms with Gasteiger partial charge in [0.25, 0.3) is 0 Å². The summed E-state index contributed by atoms with van der Waals surface area (Å²) in [6, 6.07) is 6.88. The van der Waals surface area contributed by atoms with Crippen molar-refractivity contribution >= 4 is 35.2 Å². The van der Waals surface area contributed by atoms with Gasteiger partial charge in [0.2, 0.25) is 0 Å². The van der Waals surface area contributed by atoms with E-state index >= 15 is 0 Å². The zero-order valence-corrected chi connectivity index (χ0v) is 16.2. The van der Waals surface area contributed by atoms with Crippen molar-refractivity contribution in [2.45, 2.75) is 26.4 Å². The van der Waals surface area contributed by atoms with Gasteiger partial charge in [-0.2, -0.15) is 13.2 Å². The van der Waals surface area contributed by atoms with Crippen LogP contribution in [-0.4, -0.2) is 24.8 Å². The lowest BCUT2D eigenvalue weighted by atomic mass is 9.98. The predicted molar refractivity (Wildman–Crippen MR) is 102 cm³/mol. The standard InChI is InChI=1S/C19H19Cl2F3N2/c1-4-26(3)11-25-18-7-12(2)13(10-17(18)21)8-14-9-15(19(22,23)24)5-6-16(14)20/h5-7,9-11H,4,8H2,1-3H3/b25-11-. The highest BCUT2D eigenvalue weighted by molar-refractivity contribution is 6.33. The fourth-order valence-corrected chi connectivity index (χ4v) is 2.75. The van der Waals surface area contributed by atoms with Crippen LogP contribution in [-0.2, 0) is 12.6 Å². The summed E-state index contributed by atoms with van der Waals surface area (Å²) in [4.78, 5) is 6.25. The van der Waals surface area contributed by atoms with Crippen molar-refractivity contribution in [3.8, 4) is 0 Å². The van der Waals surface area contributed by atoms with E-state index < -0.39 is 11.7 Å². The quantitative estimate of drug-likeness (QED) is 0.410. The number of benzene rings is 2. The van der Waals surface area contributed by atoms with Gasteiger partial charge >= 0.3 is 6.18 Å². The van der Waals surface area contributed by atoms with E-state index in [1.165, 1.54) is 6.07 Å². The number of hydrogen-bond acceptors (Lipinski definition) is 1. The van der Waals surface area contributed by atoms with Crippen LogP contribution >= 0.6 is 23.2 Å². The molecular formula is C19H19Cl2F3N2. The number of alkyl halides is 3. The number of hydrogen-bond donors (Lipinski definition) is 0. The molecule has 0 spiro atoms. The largest absolute Gasteiger partial charge is 0.416 e. The van der Waals surface area contributed by atoms with E-state index in [1.807, 2.05) is 31.9 Å². The first-order valence-electron chi connectivity index (χ1n) is 8.01. The summed E-state index contributed by atoms with van der Waals surface area (Å²) < 4.78 is 38.8. The molecule has 0 atom stereocenters. The summed E-state index contributed by atoms with van der Waals surface area (Å²) in [5.74, 6) is 0. The van der Waals surface area contributed by atoms with Gasteiger partial charge in [-0.3, -0.25) is 0 Å². The molecule has 0 fully saturated rings. The number of nitrogens with zero attached hydrogens (tertiary/aromatic N) is 2. The van der Waals surface area contributed by atoms with Crippen molar-refractivity contribution in [1.82, 2.24) is 4.90 Å². The normalized spacial score (nSPS) is 12.0. The molecule has 2 aromatic carbocycles. The number of aryl methyl sites for hydroxylation is 1. The maximum absolute atomic E-state index is 12.9. The van der Waals surface area contributed by atoms with E-state index in [-0.39, 0.29) is 6.42 Å². The summed E-state index contributed by atoms with van der Waals surface area (Å²) in [6.45, 7) is 4.68. The van der Waals surface area contributed by atoms with Gasteiger partial charge in [-0.1, -0.05) is 23.2 Å². The third-order valence-corrected chi connectivity index (χ3v) is 4.72. The summed E-state index contributed by atoms with van der Waals surface area (Å²) in [7, 11) is 1.90. The molecule has 2 rings (SSSR count). The van der Waals surface area contributed by atoms with Crippen molar-refractivity contribution in [3.05, 3.63) is 62.6 Å². The van der Waals surface area contributed by atoms with Gasteiger partial charge in [0.05, 0.1) is 22.6 Å². The Labute approximate surface area is 161 Å². The highest BCUT2D eigenvalue weighted by atomic mass is 35.5. The Morgan fingerprint density at radius 3 is 2.38 bits per heavy atom. The fourth-order valence-electron chi connectivity index (χ4n) is 2.33. The number of aliphatic imine (C=N–C) groups is 1. The van der Waals surface area contributed by atoms with Gasteiger partial charge in [-0.05, 0) is 67.3 Å². The van der Waals surface area contributed by atoms with Crippen molar-refractivity contribution in [1.29, 1.82) is 0 Å². The minimum atomic E-state index is -4.41. The lowest BCUT2D eigenvalue weighted by molar-refractivity contribution is -0.137. The molecule has 0 aliphatic carbocycles. The first-order chi connectivity index (χ1) is 12.1. The number of halogens is 5. The van der Waals surface area contributed by atoms with Crippen LogP contribution < -0.4 is 0 Å². The highest BCUT2D eigenvalue weighted by Gasteiger charge is 2.30. The van der Waals surface area contributed by atoms with Gasteiger partial charge in [-0.15, -0.1) is 0 Å². The van der Waals surface area contributed by atoms with Gasteiger partial charge in [0.15, 0.2) is 0 Å². The lowest BCUT2D eigenvalue weighted by Gasteiger charge is -2.13. The SMILES string of the molecule is CCN(C)/C=N\c1cc(C)c(Cc2cc(C(F)(F)F)ccc2Cl)cc1Cl. The van der Waals surface area contributed by atoms with Crippen LogP contribution in [0, 0.1) is 6.92 Å². The molecule has 0 radical (unpaired) electrons. The molecule has 2 nitrogen and oxygen atoms in total. The molecule has 140 valence electrons. The first kappa shape index (κ1) is 20.6. The topological polar surface area (TPSA) is 15.6 Å². The van der Waals surface area contributed by atoms with E-state index in [9.17, 15) is 13.2 Å². The third kappa shape index (κ3) is 5.15. The molecule has 0 aliphatic heterocycles. The van der Waals surface area contributed by atoms with E-state index in [0.717, 1.165) is 29.8 Å². The van der Waals surface area contributed by atoms with Gasteiger partial charge < -0.3 is 4.90 Å². The van der Waals surface area contributed by atoms with Crippen molar-refractivity contribution in [2.75, 3.05) is 13.6 Å². The molecule has 0 heterocycles. The molecule has 0 aliphatic rings. The molecule has 0 saturated heterocycles. The average molecular weight is 403 g/mol. The highest BCUT2D eigenvalue weighted by Crippen LogP contribution is 2.34. The van der Waals surface area contributed by atoms with Crippen LogP contribution in [0.25, 0.3) is 0 Å².